The molecule has 0 aliphatic carbocycles. The van der Waals surface area contributed by atoms with Gasteiger partial charge in [-0.1, -0.05) is 11.8 Å². The number of furan rings is 1. The molecule has 0 spiro atoms. The molecule has 0 bridgehead atoms. The number of hydrogen-bond acceptors (Lipinski definition) is 6. The molecule has 0 radical (unpaired) electrons. The molecule has 1 amide bonds. The summed E-state index contributed by atoms with van der Waals surface area (Å²) < 4.78 is 27.5. The molecule has 0 saturated carbocycles. The van der Waals surface area contributed by atoms with E-state index in [1.807, 2.05) is 0 Å². The Hall–Kier alpha value is -1.48. The molecule has 2 rings (SSSR count). The van der Waals surface area contributed by atoms with Crippen LogP contribution in [0.1, 0.15) is 17.0 Å². The third-order valence-corrected chi connectivity index (χ3v) is 5.41. The first-order valence-corrected chi connectivity index (χ1v) is 8.62. The molecule has 1 aromatic rings. The van der Waals surface area contributed by atoms with Gasteiger partial charge in [-0.3, -0.25) is 4.79 Å². The standard InChI is InChI=1S/C11H13NO6S2/c13-9(12-7-3-4-20(16,17)6-7)5-19-10-2-1-8(18-10)11(14)15/h1-2,7H,3-6H2,(H,12,13)(H,14,15). The van der Waals surface area contributed by atoms with Gasteiger partial charge in [0.05, 0.1) is 17.3 Å². The molecule has 2 N–H and O–H groups in total. The van der Waals surface area contributed by atoms with E-state index in [-0.39, 0.29) is 35.0 Å². The second-order valence-corrected chi connectivity index (χ2v) is 7.59. The minimum absolute atomic E-state index is 0.0205. The van der Waals surface area contributed by atoms with Gasteiger partial charge in [0.1, 0.15) is 0 Å². The number of carbonyl (C=O) groups excluding carboxylic acids is 1. The van der Waals surface area contributed by atoms with Crippen molar-refractivity contribution in [3.05, 3.63) is 17.9 Å². The third-order valence-electron chi connectivity index (χ3n) is 2.74. The minimum Gasteiger partial charge on any atom is -0.475 e. The fourth-order valence-corrected chi connectivity index (χ4v) is 4.17. The minimum atomic E-state index is -3.02. The van der Waals surface area contributed by atoms with E-state index in [1.165, 1.54) is 12.1 Å². The molecule has 0 aromatic carbocycles. The molecule has 1 saturated heterocycles. The Morgan fingerprint density at radius 1 is 1.45 bits per heavy atom. The van der Waals surface area contributed by atoms with Crippen LogP contribution in [0, 0.1) is 0 Å². The summed E-state index contributed by atoms with van der Waals surface area (Å²) in [7, 11) is -3.02. The quantitative estimate of drug-likeness (QED) is 0.754. The number of sulfone groups is 1. The van der Waals surface area contributed by atoms with Crippen LogP contribution >= 0.6 is 11.8 Å². The molecule has 1 atom stereocenters. The van der Waals surface area contributed by atoms with Crippen LogP contribution in [0.15, 0.2) is 21.6 Å². The molecule has 110 valence electrons. The maximum Gasteiger partial charge on any atom is 0.371 e. The lowest BCUT2D eigenvalue weighted by molar-refractivity contribution is -0.119. The van der Waals surface area contributed by atoms with Gasteiger partial charge in [-0.15, -0.1) is 0 Å². The van der Waals surface area contributed by atoms with Crippen molar-refractivity contribution in [2.45, 2.75) is 17.6 Å². The van der Waals surface area contributed by atoms with Crippen LogP contribution in [0.4, 0.5) is 0 Å². The summed E-state index contributed by atoms with van der Waals surface area (Å²) in [6, 6.07) is 2.45. The number of carboxylic acids is 1. The Bertz CT molecular complexity index is 621. The van der Waals surface area contributed by atoms with Gasteiger partial charge < -0.3 is 14.8 Å². The van der Waals surface area contributed by atoms with Crippen molar-refractivity contribution in [3.63, 3.8) is 0 Å². The van der Waals surface area contributed by atoms with E-state index in [9.17, 15) is 18.0 Å². The Balaban J connectivity index is 1.79. The van der Waals surface area contributed by atoms with E-state index >= 15 is 0 Å². The Morgan fingerprint density at radius 3 is 2.75 bits per heavy atom. The van der Waals surface area contributed by atoms with Crippen LogP contribution < -0.4 is 5.32 Å². The number of nitrogens with one attached hydrogen (secondary N) is 1. The van der Waals surface area contributed by atoms with Gasteiger partial charge in [0.25, 0.3) is 0 Å². The molecular formula is C11H13NO6S2. The van der Waals surface area contributed by atoms with Gasteiger partial charge in [0, 0.05) is 6.04 Å². The second-order valence-electron chi connectivity index (χ2n) is 4.38. The normalized spacial score (nSPS) is 20.7. The van der Waals surface area contributed by atoms with Crippen molar-refractivity contribution >= 4 is 33.5 Å². The van der Waals surface area contributed by atoms with Crippen molar-refractivity contribution in [1.82, 2.24) is 5.32 Å². The highest BCUT2D eigenvalue weighted by Crippen LogP contribution is 2.21. The van der Waals surface area contributed by atoms with Crippen LogP contribution in [-0.2, 0) is 14.6 Å². The summed E-state index contributed by atoms with van der Waals surface area (Å²) in [5, 5.41) is 11.6. The van der Waals surface area contributed by atoms with Gasteiger partial charge in [-0.2, -0.15) is 0 Å². The number of carbonyl (C=O) groups is 2. The molecule has 1 aliphatic heterocycles. The molecule has 1 fully saturated rings. The molecule has 1 unspecified atom stereocenters. The van der Waals surface area contributed by atoms with Gasteiger partial charge in [0.2, 0.25) is 11.7 Å². The van der Waals surface area contributed by atoms with E-state index in [0.717, 1.165) is 11.8 Å². The number of thioether (sulfide) groups is 1. The Labute approximate surface area is 119 Å². The van der Waals surface area contributed by atoms with Crippen LogP contribution in [-0.4, -0.2) is 48.7 Å². The van der Waals surface area contributed by atoms with Crippen molar-refractivity contribution in [2.75, 3.05) is 17.3 Å². The largest absolute Gasteiger partial charge is 0.475 e. The summed E-state index contributed by atoms with van der Waals surface area (Å²) in [5.74, 6) is -1.53. The molecule has 20 heavy (non-hydrogen) atoms. The van der Waals surface area contributed by atoms with Gasteiger partial charge in [-0.25, -0.2) is 13.2 Å². The monoisotopic (exact) mass is 319 g/mol. The van der Waals surface area contributed by atoms with Gasteiger partial charge in [-0.05, 0) is 18.6 Å². The molecular weight excluding hydrogens is 306 g/mol. The topological polar surface area (TPSA) is 114 Å². The predicted molar refractivity (Wildman–Crippen MR) is 71.6 cm³/mol. The molecule has 2 heterocycles. The van der Waals surface area contributed by atoms with Crippen molar-refractivity contribution in [1.29, 1.82) is 0 Å². The number of amides is 1. The zero-order chi connectivity index (χ0) is 14.8. The van der Waals surface area contributed by atoms with E-state index in [4.69, 9.17) is 9.52 Å². The number of carboxylic acid groups (broad SMARTS) is 1. The average molecular weight is 319 g/mol. The van der Waals surface area contributed by atoms with Crippen LogP contribution in [0.3, 0.4) is 0 Å². The predicted octanol–water partition coefficient (Wildman–Crippen LogP) is 0.373. The lowest BCUT2D eigenvalue weighted by Crippen LogP contribution is -2.36. The van der Waals surface area contributed by atoms with Crippen molar-refractivity contribution in [2.24, 2.45) is 0 Å². The second kappa shape index (κ2) is 5.88. The Kier molecular flexibility index (Phi) is 4.39. The van der Waals surface area contributed by atoms with Crippen LogP contribution in [0.5, 0.6) is 0 Å². The molecule has 7 nitrogen and oxygen atoms in total. The fraction of sp³-hybridized carbons (Fsp3) is 0.455. The first-order valence-electron chi connectivity index (χ1n) is 5.81. The zero-order valence-corrected chi connectivity index (χ0v) is 12.0. The lowest BCUT2D eigenvalue weighted by atomic mass is 10.3. The highest BCUT2D eigenvalue weighted by atomic mass is 32.2. The fourth-order valence-electron chi connectivity index (χ4n) is 1.83. The zero-order valence-electron chi connectivity index (χ0n) is 10.4. The molecule has 1 aliphatic rings. The molecule has 9 heteroatoms. The molecule has 1 aromatic heterocycles. The van der Waals surface area contributed by atoms with Crippen molar-refractivity contribution in [3.8, 4) is 0 Å². The summed E-state index contributed by atoms with van der Waals surface area (Å²) in [4.78, 5) is 22.2. The van der Waals surface area contributed by atoms with Crippen molar-refractivity contribution < 1.29 is 27.5 Å². The van der Waals surface area contributed by atoms with Crippen LogP contribution in [0.25, 0.3) is 0 Å². The smallest absolute Gasteiger partial charge is 0.371 e. The first kappa shape index (κ1) is 14.9. The van der Waals surface area contributed by atoms with E-state index in [1.54, 1.807) is 0 Å². The third kappa shape index (κ3) is 4.01. The average Bonchev–Trinajstić information content (AvgIpc) is 2.93. The summed E-state index contributed by atoms with van der Waals surface area (Å²) in [5.41, 5.74) is 0. The van der Waals surface area contributed by atoms with E-state index in [0.29, 0.717) is 11.5 Å². The first-order chi connectivity index (χ1) is 9.35. The summed E-state index contributed by atoms with van der Waals surface area (Å²) in [6.07, 6.45) is 0.433. The summed E-state index contributed by atoms with van der Waals surface area (Å²) >= 11 is 1.06. The highest BCUT2D eigenvalue weighted by Gasteiger charge is 2.28. The summed E-state index contributed by atoms with van der Waals surface area (Å²) in [6.45, 7) is 0. The van der Waals surface area contributed by atoms with Crippen LogP contribution in [0.2, 0.25) is 0 Å². The number of rotatable bonds is 5. The van der Waals surface area contributed by atoms with Gasteiger partial charge >= 0.3 is 5.97 Å². The Morgan fingerprint density at radius 2 is 2.20 bits per heavy atom. The van der Waals surface area contributed by atoms with E-state index < -0.39 is 15.8 Å². The van der Waals surface area contributed by atoms with Gasteiger partial charge in [0.15, 0.2) is 14.9 Å². The maximum absolute atomic E-state index is 11.6. The number of aromatic carboxylic acids is 1. The highest BCUT2D eigenvalue weighted by molar-refractivity contribution is 7.99. The SMILES string of the molecule is O=C(CSc1ccc(C(=O)O)o1)NC1CCS(=O)(=O)C1. The number of hydrogen-bond donors (Lipinski definition) is 2. The lowest BCUT2D eigenvalue weighted by Gasteiger charge is -2.09. The maximum atomic E-state index is 11.6. The van der Waals surface area contributed by atoms with E-state index in [2.05, 4.69) is 5.32 Å².